The number of carboxylic acids is 1. The Bertz CT molecular complexity index is 625. The number of carbonyl (C=O) groups is 3. The Kier molecular flexibility index (Phi) is 4.83. The van der Waals surface area contributed by atoms with Gasteiger partial charge in [-0.25, -0.2) is 0 Å². The van der Waals surface area contributed by atoms with Crippen molar-refractivity contribution < 1.29 is 19.5 Å². The van der Waals surface area contributed by atoms with Crippen LogP contribution < -0.4 is 5.32 Å². The molecule has 0 unspecified atom stereocenters. The van der Waals surface area contributed by atoms with Gasteiger partial charge in [-0.3, -0.25) is 14.4 Å². The zero-order chi connectivity index (χ0) is 17.1. The molecule has 1 aliphatic carbocycles. The van der Waals surface area contributed by atoms with Crippen LogP contribution in [0.4, 0.5) is 0 Å². The molecule has 1 aliphatic heterocycles. The summed E-state index contributed by atoms with van der Waals surface area (Å²) < 4.78 is 0. The Morgan fingerprint density at radius 1 is 1.12 bits per heavy atom. The van der Waals surface area contributed by atoms with Crippen LogP contribution in [0.5, 0.6) is 0 Å². The number of nitrogens with one attached hydrogen (secondary N) is 1. The van der Waals surface area contributed by atoms with Crippen molar-refractivity contribution in [2.45, 2.75) is 31.7 Å². The second-order valence-electron chi connectivity index (χ2n) is 6.57. The summed E-state index contributed by atoms with van der Waals surface area (Å²) in [6.07, 6.45) is 2.76. The molecule has 0 bridgehead atoms. The van der Waals surface area contributed by atoms with Crippen molar-refractivity contribution in [2.24, 2.45) is 11.8 Å². The number of benzene rings is 1. The Balaban J connectivity index is 1.68. The van der Waals surface area contributed by atoms with E-state index >= 15 is 0 Å². The molecule has 0 radical (unpaired) electrons. The lowest BCUT2D eigenvalue weighted by molar-refractivity contribution is -0.140. The number of carboxylic acid groups (broad SMARTS) is 1. The summed E-state index contributed by atoms with van der Waals surface area (Å²) in [5.41, 5.74) is 0.973. The van der Waals surface area contributed by atoms with Crippen LogP contribution in [-0.4, -0.2) is 46.9 Å². The molecule has 1 saturated heterocycles. The lowest BCUT2D eigenvalue weighted by Gasteiger charge is -2.24. The van der Waals surface area contributed by atoms with Crippen LogP contribution in [0.3, 0.4) is 0 Å². The number of carbonyl (C=O) groups excluding carboxylic acids is 2. The molecule has 3 rings (SSSR count). The molecule has 2 fully saturated rings. The number of nitrogens with zero attached hydrogens (tertiary/aromatic N) is 1. The number of aliphatic carboxylic acids is 1. The van der Waals surface area contributed by atoms with Gasteiger partial charge in [-0.1, -0.05) is 30.3 Å². The zero-order valence-electron chi connectivity index (χ0n) is 13.5. The molecule has 2 N–H and O–H groups in total. The minimum absolute atomic E-state index is 0.0720. The zero-order valence-corrected chi connectivity index (χ0v) is 13.5. The standard InChI is InChI=1S/C18H22N2O4/c21-16(13-11-14(13)18(23)24)19-15(10-12-6-2-1-3-7-12)17(22)20-8-4-5-9-20/h1-3,6-7,13-15H,4-5,8-11H2,(H,19,21)(H,23,24)/t13-,14-,15+/m1/s1. The first-order valence-electron chi connectivity index (χ1n) is 8.42. The van der Waals surface area contributed by atoms with Gasteiger partial charge < -0.3 is 15.3 Å². The van der Waals surface area contributed by atoms with Gasteiger partial charge in [0.2, 0.25) is 11.8 Å². The first-order valence-corrected chi connectivity index (χ1v) is 8.42. The van der Waals surface area contributed by atoms with E-state index in [2.05, 4.69) is 5.32 Å². The van der Waals surface area contributed by atoms with Gasteiger partial charge in [-0.15, -0.1) is 0 Å². The Morgan fingerprint density at radius 3 is 2.38 bits per heavy atom. The fourth-order valence-electron chi connectivity index (χ4n) is 3.24. The van der Waals surface area contributed by atoms with Crippen LogP contribution in [0.2, 0.25) is 0 Å². The van der Waals surface area contributed by atoms with Crippen LogP contribution in [-0.2, 0) is 20.8 Å². The van der Waals surface area contributed by atoms with E-state index in [1.54, 1.807) is 4.90 Å². The topological polar surface area (TPSA) is 86.7 Å². The smallest absolute Gasteiger partial charge is 0.307 e. The Labute approximate surface area is 140 Å². The summed E-state index contributed by atoms with van der Waals surface area (Å²) in [5, 5.41) is 11.8. The molecule has 24 heavy (non-hydrogen) atoms. The van der Waals surface area contributed by atoms with Crippen LogP contribution in [0.1, 0.15) is 24.8 Å². The van der Waals surface area contributed by atoms with Crippen molar-refractivity contribution in [3.63, 3.8) is 0 Å². The number of rotatable bonds is 6. The van der Waals surface area contributed by atoms with Crippen molar-refractivity contribution in [2.75, 3.05) is 13.1 Å². The quantitative estimate of drug-likeness (QED) is 0.816. The lowest BCUT2D eigenvalue weighted by atomic mass is 10.0. The molecule has 2 aliphatic rings. The molecule has 1 aromatic carbocycles. The third kappa shape index (κ3) is 3.75. The first kappa shape index (κ1) is 16.5. The number of amides is 2. The third-order valence-electron chi connectivity index (χ3n) is 4.76. The molecule has 6 heteroatoms. The van der Waals surface area contributed by atoms with Gasteiger partial charge in [0.1, 0.15) is 6.04 Å². The van der Waals surface area contributed by atoms with E-state index in [4.69, 9.17) is 5.11 Å². The minimum atomic E-state index is -0.944. The highest BCUT2D eigenvalue weighted by Gasteiger charge is 2.49. The van der Waals surface area contributed by atoms with E-state index in [9.17, 15) is 14.4 Å². The van der Waals surface area contributed by atoms with Crippen molar-refractivity contribution in [1.29, 1.82) is 0 Å². The molecule has 2 amide bonds. The van der Waals surface area contributed by atoms with E-state index in [0.717, 1.165) is 31.5 Å². The average Bonchev–Trinajstić information content (AvgIpc) is 3.21. The van der Waals surface area contributed by atoms with Crippen molar-refractivity contribution in [3.8, 4) is 0 Å². The van der Waals surface area contributed by atoms with Gasteiger partial charge >= 0.3 is 5.97 Å². The van der Waals surface area contributed by atoms with Gasteiger partial charge in [-0.2, -0.15) is 0 Å². The molecule has 6 nitrogen and oxygen atoms in total. The first-order chi connectivity index (χ1) is 11.6. The van der Waals surface area contributed by atoms with E-state index < -0.39 is 23.8 Å². The monoisotopic (exact) mass is 330 g/mol. The minimum Gasteiger partial charge on any atom is -0.481 e. The highest BCUT2D eigenvalue weighted by molar-refractivity contribution is 5.93. The average molecular weight is 330 g/mol. The van der Waals surface area contributed by atoms with E-state index in [1.807, 2.05) is 30.3 Å². The molecule has 1 heterocycles. The normalized spacial score (nSPS) is 23.6. The van der Waals surface area contributed by atoms with Gasteiger partial charge in [0, 0.05) is 19.5 Å². The maximum atomic E-state index is 12.7. The van der Waals surface area contributed by atoms with Gasteiger partial charge in [-0.05, 0) is 24.8 Å². The predicted octanol–water partition coefficient (Wildman–Crippen LogP) is 1.06. The molecule has 128 valence electrons. The summed E-state index contributed by atoms with van der Waals surface area (Å²) in [5.74, 6) is -2.45. The second-order valence-corrected chi connectivity index (χ2v) is 6.57. The van der Waals surface area contributed by atoms with E-state index in [-0.39, 0.29) is 11.8 Å². The van der Waals surface area contributed by atoms with Crippen LogP contribution in [0, 0.1) is 11.8 Å². The van der Waals surface area contributed by atoms with E-state index in [1.165, 1.54) is 0 Å². The molecular formula is C18H22N2O4. The number of hydrogen-bond donors (Lipinski definition) is 2. The molecular weight excluding hydrogens is 308 g/mol. The SMILES string of the molecule is O=C(O)[C@@H]1C[C@H]1C(=O)N[C@@H](Cc1ccccc1)C(=O)N1CCCC1. The Morgan fingerprint density at radius 2 is 1.79 bits per heavy atom. The summed E-state index contributed by atoms with van der Waals surface area (Å²) in [6.45, 7) is 1.45. The molecule has 1 aromatic rings. The van der Waals surface area contributed by atoms with Crippen LogP contribution in [0.15, 0.2) is 30.3 Å². The van der Waals surface area contributed by atoms with Crippen LogP contribution in [0.25, 0.3) is 0 Å². The largest absolute Gasteiger partial charge is 0.481 e. The van der Waals surface area contributed by atoms with Crippen molar-refractivity contribution in [1.82, 2.24) is 10.2 Å². The highest BCUT2D eigenvalue weighted by atomic mass is 16.4. The summed E-state index contributed by atoms with van der Waals surface area (Å²) in [6, 6.07) is 8.92. The predicted molar refractivity (Wildman–Crippen MR) is 87.1 cm³/mol. The number of likely N-dealkylation sites (tertiary alicyclic amines) is 1. The summed E-state index contributed by atoms with van der Waals surface area (Å²) in [7, 11) is 0. The van der Waals surface area contributed by atoms with Gasteiger partial charge in [0.15, 0.2) is 0 Å². The second kappa shape index (κ2) is 7.03. The van der Waals surface area contributed by atoms with Crippen molar-refractivity contribution in [3.05, 3.63) is 35.9 Å². The fourth-order valence-corrected chi connectivity index (χ4v) is 3.24. The van der Waals surface area contributed by atoms with Crippen LogP contribution >= 0.6 is 0 Å². The van der Waals surface area contributed by atoms with Crippen molar-refractivity contribution >= 4 is 17.8 Å². The molecule has 3 atom stereocenters. The molecule has 0 aromatic heterocycles. The van der Waals surface area contributed by atoms with Gasteiger partial charge in [0.25, 0.3) is 0 Å². The summed E-state index contributed by atoms with van der Waals surface area (Å²) in [4.78, 5) is 37.8. The lowest BCUT2D eigenvalue weighted by Crippen LogP contribution is -2.49. The maximum absolute atomic E-state index is 12.7. The summed E-state index contributed by atoms with van der Waals surface area (Å²) >= 11 is 0. The maximum Gasteiger partial charge on any atom is 0.307 e. The van der Waals surface area contributed by atoms with Gasteiger partial charge in [0.05, 0.1) is 11.8 Å². The highest BCUT2D eigenvalue weighted by Crippen LogP contribution is 2.38. The molecule has 1 saturated carbocycles. The van der Waals surface area contributed by atoms with E-state index in [0.29, 0.717) is 12.8 Å². The Hall–Kier alpha value is -2.37. The fraction of sp³-hybridized carbons (Fsp3) is 0.500. The third-order valence-corrected chi connectivity index (χ3v) is 4.76. The molecule has 0 spiro atoms. The number of hydrogen-bond acceptors (Lipinski definition) is 3.